The molecule has 1 unspecified atom stereocenters. The average molecular weight is 256 g/mol. The molecule has 2 rings (SSSR count). The molecule has 17 heavy (non-hydrogen) atoms. The minimum atomic E-state index is 0.297. The van der Waals surface area contributed by atoms with E-state index in [1.807, 2.05) is 6.07 Å². The van der Waals surface area contributed by atoms with Gasteiger partial charge in [-0.1, -0.05) is 11.6 Å². The summed E-state index contributed by atoms with van der Waals surface area (Å²) in [4.78, 5) is 2.25. The molecule has 0 aromatic carbocycles. The first kappa shape index (κ1) is 12.6. The molecular weight excluding hydrogens is 238 g/mol. The number of rotatable bonds is 3. The van der Waals surface area contributed by atoms with Gasteiger partial charge in [-0.05, 0) is 43.7 Å². The lowest BCUT2D eigenvalue weighted by atomic mass is 9.98. The van der Waals surface area contributed by atoms with Crippen LogP contribution in [0.5, 0.6) is 0 Å². The van der Waals surface area contributed by atoms with Crippen molar-refractivity contribution in [2.24, 2.45) is 5.92 Å². The summed E-state index contributed by atoms with van der Waals surface area (Å²) < 4.78 is 0. The van der Waals surface area contributed by atoms with E-state index in [0.717, 1.165) is 38.2 Å². The molecule has 0 radical (unpaired) electrons. The highest BCUT2D eigenvalue weighted by Gasteiger charge is 2.17. The quantitative estimate of drug-likeness (QED) is 0.899. The molecule has 1 aromatic heterocycles. The van der Waals surface area contributed by atoms with Crippen LogP contribution in [0.25, 0.3) is 0 Å². The van der Waals surface area contributed by atoms with E-state index in [0.29, 0.717) is 17.7 Å². The molecule has 1 saturated heterocycles. The number of halogens is 1. The van der Waals surface area contributed by atoms with Crippen LogP contribution < -0.4 is 4.90 Å². The van der Waals surface area contributed by atoms with Crippen LogP contribution in [0.15, 0.2) is 12.1 Å². The summed E-state index contributed by atoms with van der Waals surface area (Å²) in [6.45, 7) is 2.30. The molecule has 1 atom stereocenters. The van der Waals surface area contributed by atoms with Gasteiger partial charge >= 0.3 is 0 Å². The van der Waals surface area contributed by atoms with Gasteiger partial charge in [0.15, 0.2) is 11.0 Å². The Morgan fingerprint density at radius 1 is 1.29 bits per heavy atom. The average Bonchev–Trinajstić information content (AvgIpc) is 2.56. The molecule has 0 amide bonds. The normalized spacial score (nSPS) is 21.3. The fraction of sp³-hybridized carbons (Fsp3) is 0.667. The molecule has 1 aliphatic rings. The first-order valence-corrected chi connectivity index (χ1v) is 6.52. The second kappa shape index (κ2) is 6.17. The maximum absolute atomic E-state index is 8.97. The number of hydrogen-bond acceptors (Lipinski definition) is 4. The van der Waals surface area contributed by atoms with Crippen LogP contribution in [-0.2, 0) is 0 Å². The summed E-state index contributed by atoms with van der Waals surface area (Å²) in [5.41, 5.74) is 0. The Bertz CT molecular complexity index is 344. The molecular formula is C12H18ClN3O. The van der Waals surface area contributed by atoms with Gasteiger partial charge in [-0.25, -0.2) is 0 Å². The molecule has 1 fully saturated rings. The van der Waals surface area contributed by atoms with E-state index in [2.05, 4.69) is 15.1 Å². The van der Waals surface area contributed by atoms with Crippen LogP contribution in [0.2, 0.25) is 5.15 Å². The van der Waals surface area contributed by atoms with Crippen molar-refractivity contribution in [1.82, 2.24) is 10.2 Å². The third-order valence-corrected chi connectivity index (χ3v) is 3.53. The Balaban J connectivity index is 1.96. The van der Waals surface area contributed by atoms with Crippen LogP contribution in [-0.4, -0.2) is 35.0 Å². The van der Waals surface area contributed by atoms with Crippen LogP contribution >= 0.6 is 11.6 Å². The third kappa shape index (κ3) is 3.54. The van der Waals surface area contributed by atoms with E-state index in [1.54, 1.807) is 6.07 Å². The van der Waals surface area contributed by atoms with Gasteiger partial charge in [0.1, 0.15) is 0 Å². The molecule has 1 aromatic rings. The Labute approximate surface area is 107 Å². The van der Waals surface area contributed by atoms with Crippen molar-refractivity contribution in [3.63, 3.8) is 0 Å². The fourth-order valence-electron chi connectivity index (χ4n) is 2.34. The number of anilines is 1. The minimum absolute atomic E-state index is 0.297. The molecule has 0 bridgehead atoms. The zero-order valence-corrected chi connectivity index (χ0v) is 10.6. The topological polar surface area (TPSA) is 49.2 Å². The van der Waals surface area contributed by atoms with Crippen molar-refractivity contribution in [3.8, 4) is 0 Å². The van der Waals surface area contributed by atoms with E-state index >= 15 is 0 Å². The smallest absolute Gasteiger partial charge is 0.151 e. The van der Waals surface area contributed by atoms with E-state index in [1.165, 1.54) is 6.42 Å². The largest absolute Gasteiger partial charge is 0.396 e. The zero-order valence-electron chi connectivity index (χ0n) is 9.85. The molecule has 0 spiro atoms. The highest BCUT2D eigenvalue weighted by molar-refractivity contribution is 6.29. The molecule has 0 aliphatic carbocycles. The Morgan fingerprint density at radius 3 is 2.88 bits per heavy atom. The second-order valence-electron chi connectivity index (χ2n) is 4.51. The minimum Gasteiger partial charge on any atom is -0.396 e. The van der Waals surface area contributed by atoms with Gasteiger partial charge in [-0.2, -0.15) is 0 Å². The number of hydrogen-bond donors (Lipinski definition) is 1. The number of aromatic nitrogens is 2. The number of nitrogens with zero attached hydrogens (tertiary/aromatic N) is 3. The summed E-state index contributed by atoms with van der Waals surface area (Å²) in [5, 5.41) is 17.4. The van der Waals surface area contributed by atoms with Crippen LogP contribution in [0.4, 0.5) is 5.82 Å². The molecule has 4 nitrogen and oxygen atoms in total. The molecule has 1 N–H and O–H groups in total. The zero-order chi connectivity index (χ0) is 12.1. The van der Waals surface area contributed by atoms with Gasteiger partial charge < -0.3 is 10.0 Å². The summed E-state index contributed by atoms with van der Waals surface area (Å²) >= 11 is 5.73. The lowest BCUT2D eigenvalue weighted by molar-refractivity contribution is 0.249. The van der Waals surface area contributed by atoms with Gasteiger partial charge in [0.2, 0.25) is 0 Å². The van der Waals surface area contributed by atoms with Gasteiger partial charge in [0, 0.05) is 19.7 Å². The molecule has 2 heterocycles. The van der Waals surface area contributed by atoms with Gasteiger partial charge in [0.25, 0.3) is 0 Å². The second-order valence-corrected chi connectivity index (χ2v) is 4.90. The summed E-state index contributed by atoms with van der Waals surface area (Å²) in [5.74, 6) is 1.55. The van der Waals surface area contributed by atoms with Crippen LogP contribution in [0.3, 0.4) is 0 Å². The highest BCUT2D eigenvalue weighted by Crippen LogP contribution is 2.23. The van der Waals surface area contributed by atoms with Crippen molar-refractivity contribution >= 4 is 17.4 Å². The Hall–Kier alpha value is -0.870. The first-order chi connectivity index (χ1) is 8.29. The third-order valence-electron chi connectivity index (χ3n) is 3.33. The Kier molecular flexibility index (Phi) is 4.57. The molecule has 94 valence electrons. The maximum Gasteiger partial charge on any atom is 0.151 e. The van der Waals surface area contributed by atoms with Crippen LogP contribution in [0.1, 0.15) is 25.7 Å². The Morgan fingerprint density at radius 2 is 2.18 bits per heavy atom. The van der Waals surface area contributed by atoms with E-state index < -0.39 is 0 Å². The van der Waals surface area contributed by atoms with Crippen LogP contribution in [0, 0.1) is 5.92 Å². The lowest BCUT2D eigenvalue weighted by Crippen LogP contribution is -2.25. The number of aliphatic hydroxyl groups is 1. The van der Waals surface area contributed by atoms with E-state index in [-0.39, 0.29) is 0 Å². The lowest BCUT2D eigenvalue weighted by Gasteiger charge is -2.20. The fourth-order valence-corrected chi connectivity index (χ4v) is 2.44. The van der Waals surface area contributed by atoms with Crippen molar-refractivity contribution in [3.05, 3.63) is 17.3 Å². The molecule has 1 aliphatic heterocycles. The van der Waals surface area contributed by atoms with Crippen molar-refractivity contribution in [1.29, 1.82) is 0 Å². The predicted octanol–water partition coefficient (Wildman–Crippen LogP) is 2.12. The van der Waals surface area contributed by atoms with E-state index in [4.69, 9.17) is 16.7 Å². The number of aliphatic hydroxyl groups excluding tert-OH is 1. The van der Waals surface area contributed by atoms with Crippen molar-refractivity contribution in [2.45, 2.75) is 25.7 Å². The standard InChI is InChI=1S/C12H18ClN3O/c13-11-3-4-12(15-14-11)16-7-1-2-10(5-8-16)6-9-17/h3-4,10,17H,1-2,5-9H2. The predicted molar refractivity (Wildman–Crippen MR) is 68.3 cm³/mol. The SMILES string of the molecule is OCCC1CCCN(c2ccc(Cl)nn2)CC1. The van der Waals surface area contributed by atoms with Crippen molar-refractivity contribution < 1.29 is 5.11 Å². The van der Waals surface area contributed by atoms with Crippen molar-refractivity contribution in [2.75, 3.05) is 24.6 Å². The van der Waals surface area contributed by atoms with Gasteiger partial charge in [-0.15, -0.1) is 10.2 Å². The summed E-state index contributed by atoms with van der Waals surface area (Å²) in [6, 6.07) is 3.70. The van der Waals surface area contributed by atoms with Gasteiger partial charge in [0.05, 0.1) is 0 Å². The van der Waals surface area contributed by atoms with Gasteiger partial charge in [-0.3, -0.25) is 0 Å². The molecule has 5 heteroatoms. The summed E-state index contributed by atoms with van der Waals surface area (Å²) in [6.07, 6.45) is 4.37. The maximum atomic E-state index is 8.97. The van der Waals surface area contributed by atoms with E-state index in [9.17, 15) is 0 Å². The first-order valence-electron chi connectivity index (χ1n) is 6.14. The highest BCUT2D eigenvalue weighted by atomic mass is 35.5. The monoisotopic (exact) mass is 255 g/mol. The summed E-state index contributed by atoms with van der Waals surface area (Å²) in [7, 11) is 0. The molecule has 0 saturated carbocycles.